The maximum absolute atomic E-state index is 11.6. The van der Waals surface area contributed by atoms with Gasteiger partial charge < -0.3 is 5.32 Å². The minimum absolute atomic E-state index is 0.186. The van der Waals surface area contributed by atoms with Crippen molar-refractivity contribution >= 4 is 6.03 Å². The first-order valence-corrected chi connectivity index (χ1v) is 5.60. The molecule has 1 aromatic heterocycles. The van der Waals surface area contributed by atoms with Gasteiger partial charge >= 0.3 is 6.03 Å². The van der Waals surface area contributed by atoms with Crippen LogP contribution in [0.15, 0.2) is 42.6 Å². The van der Waals surface area contributed by atoms with Crippen molar-refractivity contribution in [2.45, 2.75) is 13.3 Å². The minimum Gasteiger partial charge on any atom is -0.336 e. The number of nitrogens with one attached hydrogen (secondary N) is 1. The molecule has 0 saturated carbocycles. The number of hydrogen-bond donors (Lipinski definition) is 1. The predicted molar refractivity (Wildman–Crippen MR) is 65.9 cm³/mol. The molecular formula is C13H15N3O. The van der Waals surface area contributed by atoms with Gasteiger partial charge in [-0.25, -0.2) is 4.79 Å². The molecule has 4 nitrogen and oxygen atoms in total. The molecule has 2 rings (SSSR count). The molecule has 1 amide bonds. The van der Waals surface area contributed by atoms with Crippen molar-refractivity contribution in [1.82, 2.24) is 15.1 Å². The van der Waals surface area contributed by atoms with Gasteiger partial charge in [-0.05, 0) is 25.0 Å². The summed E-state index contributed by atoms with van der Waals surface area (Å²) >= 11 is 0. The molecule has 0 atom stereocenters. The largest absolute Gasteiger partial charge is 0.342 e. The van der Waals surface area contributed by atoms with Gasteiger partial charge in [0.15, 0.2) is 0 Å². The topological polar surface area (TPSA) is 46.9 Å². The fourth-order valence-corrected chi connectivity index (χ4v) is 1.57. The van der Waals surface area contributed by atoms with Gasteiger partial charge in [0.05, 0.1) is 5.69 Å². The first-order valence-electron chi connectivity index (χ1n) is 5.60. The molecule has 0 radical (unpaired) electrons. The standard InChI is InChI=1S/C13H15N3O/c1-11-8-10-16(15-11)13(17)14-9-7-12-5-3-2-4-6-12/h2-6,8,10H,7,9H2,1H3,(H,14,17). The van der Waals surface area contributed by atoms with E-state index in [1.807, 2.05) is 37.3 Å². The average Bonchev–Trinajstić information content (AvgIpc) is 2.77. The molecule has 1 heterocycles. The lowest BCUT2D eigenvalue weighted by molar-refractivity contribution is 0.239. The van der Waals surface area contributed by atoms with E-state index in [1.165, 1.54) is 10.2 Å². The highest BCUT2D eigenvalue weighted by Crippen LogP contribution is 1.98. The second-order valence-corrected chi connectivity index (χ2v) is 3.87. The van der Waals surface area contributed by atoms with E-state index in [9.17, 15) is 4.79 Å². The molecule has 1 N–H and O–H groups in total. The van der Waals surface area contributed by atoms with Gasteiger partial charge in [0.1, 0.15) is 0 Å². The third-order valence-corrected chi connectivity index (χ3v) is 2.46. The van der Waals surface area contributed by atoms with E-state index in [4.69, 9.17) is 0 Å². The maximum Gasteiger partial charge on any atom is 0.342 e. The molecule has 4 heteroatoms. The number of rotatable bonds is 3. The average molecular weight is 229 g/mol. The van der Waals surface area contributed by atoms with E-state index in [-0.39, 0.29) is 6.03 Å². The smallest absolute Gasteiger partial charge is 0.336 e. The van der Waals surface area contributed by atoms with Gasteiger partial charge in [-0.1, -0.05) is 30.3 Å². The number of aryl methyl sites for hydroxylation is 1. The lowest BCUT2D eigenvalue weighted by Crippen LogP contribution is -2.30. The molecule has 0 spiro atoms. The molecule has 88 valence electrons. The van der Waals surface area contributed by atoms with Crippen molar-refractivity contribution in [3.8, 4) is 0 Å². The number of amides is 1. The monoisotopic (exact) mass is 229 g/mol. The number of carbonyl (C=O) groups is 1. The van der Waals surface area contributed by atoms with Gasteiger partial charge in [-0.15, -0.1) is 0 Å². The summed E-state index contributed by atoms with van der Waals surface area (Å²) in [5, 5.41) is 6.86. The molecule has 0 aliphatic heterocycles. The Balaban J connectivity index is 1.81. The van der Waals surface area contributed by atoms with Gasteiger partial charge in [-0.3, -0.25) is 0 Å². The number of carbonyl (C=O) groups excluding carboxylic acids is 1. The van der Waals surface area contributed by atoms with Gasteiger partial charge in [0.25, 0.3) is 0 Å². The zero-order valence-electron chi connectivity index (χ0n) is 9.76. The Morgan fingerprint density at radius 3 is 2.71 bits per heavy atom. The summed E-state index contributed by atoms with van der Waals surface area (Å²) in [6.45, 7) is 2.47. The van der Waals surface area contributed by atoms with Crippen molar-refractivity contribution in [3.05, 3.63) is 53.9 Å². The molecular weight excluding hydrogens is 214 g/mol. The zero-order chi connectivity index (χ0) is 12.1. The van der Waals surface area contributed by atoms with E-state index >= 15 is 0 Å². The van der Waals surface area contributed by atoms with Crippen molar-refractivity contribution in [2.75, 3.05) is 6.54 Å². The second kappa shape index (κ2) is 5.30. The van der Waals surface area contributed by atoms with Crippen LogP contribution >= 0.6 is 0 Å². The van der Waals surface area contributed by atoms with Crippen molar-refractivity contribution in [3.63, 3.8) is 0 Å². The Labute approximate surface area is 100 Å². The quantitative estimate of drug-likeness (QED) is 0.875. The molecule has 0 aliphatic rings. The summed E-state index contributed by atoms with van der Waals surface area (Å²) in [7, 11) is 0. The maximum atomic E-state index is 11.6. The summed E-state index contributed by atoms with van der Waals surface area (Å²) in [5.74, 6) is 0. The molecule has 2 aromatic rings. The summed E-state index contributed by atoms with van der Waals surface area (Å²) in [5.41, 5.74) is 2.05. The van der Waals surface area contributed by atoms with Crippen molar-refractivity contribution in [2.24, 2.45) is 0 Å². The molecule has 17 heavy (non-hydrogen) atoms. The van der Waals surface area contributed by atoms with Crippen LogP contribution in [0.3, 0.4) is 0 Å². The van der Waals surface area contributed by atoms with Crippen LogP contribution in [-0.2, 0) is 6.42 Å². The van der Waals surface area contributed by atoms with E-state index < -0.39 is 0 Å². The molecule has 0 aliphatic carbocycles. The van der Waals surface area contributed by atoms with Crippen LogP contribution in [0.25, 0.3) is 0 Å². The highest BCUT2D eigenvalue weighted by atomic mass is 16.2. The highest BCUT2D eigenvalue weighted by molar-refractivity contribution is 5.75. The number of hydrogen-bond acceptors (Lipinski definition) is 2. The first-order chi connectivity index (χ1) is 8.25. The highest BCUT2D eigenvalue weighted by Gasteiger charge is 2.04. The number of nitrogens with zero attached hydrogens (tertiary/aromatic N) is 2. The lowest BCUT2D eigenvalue weighted by Gasteiger charge is -2.04. The van der Waals surface area contributed by atoms with Crippen LogP contribution in [0.5, 0.6) is 0 Å². The van der Waals surface area contributed by atoms with Crippen molar-refractivity contribution < 1.29 is 4.79 Å². The molecule has 0 saturated heterocycles. The SMILES string of the molecule is Cc1ccn(C(=O)NCCc2ccccc2)n1. The van der Waals surface area contributed by atoms with Crippen LogP contribution in [0.4, 0.5) is 4.79 Å². The molecule has 0 bridgehead atoms. The second-order valence-electron chi connectivity index (χ2n) is 3.87. The summed E-state index contributed by atoms with van der Waals surface area (Å²) < 4.78 is 1.32. The molecule has 0 fully saturated rings. The fraction of sp³-hybridized carbons (Fsp3) is 0.231. The zero-order valence-corrected chi connectivity index (χ0v) is 9.76. The Morgan fingerprint density at radius 2 is 2.06 bits per heavy atom. The Bertz CT molecular complexity index is 490. The fourth-order valence-electron chi connectivity index (χ4n) is 1.57. The van der Waals surface area contributed by atoms with E-state index in [0.717, 1.165) is 12.1 Å². The lowest BCUT2D eigenvalue weighted by atomic mass is 10.1. The number of benzene rings is 1. The van der Waals surface area contributed by atoms with E-state index in [0.29, 0.717) is 6.54 Å². The first kappa shape index (κ1) is 11.4. The summed E-state index contributed by atoms with van der Waals surface area (Å²) in [6.07, 6.45) is 2.49. The Kier molecular flexibility index (Phi) is 3.55. The van der Waals surface area contributed by atoms with Crippen LogP contribution in [-0.4, -0.2) is 22.4 Å². The molecule has 0 unspecified atom stereocenters. The Hall–Kier alpha value is -2.10. The summed E-state index contributed by atoms with van der Waals surface area (Å²) in [4.78, 5) is 11.6. The van der Waals surface area contributed by atoms with Crippen LogP contribution in [0.2, 0.25) is 0 Å². The van der Waals surface area contributed by atoms with Gasteiger partial charge in [-0.2, -0.15) is 9.78 Å². The van der Waals surface area contributed by atoms with Crippen LogP contribution < -0.4 is 5.32 Å². The van der Waals surface area contributed by atoms with Gasteiger partial charge in [0.2, 0.25) is 0 Å². The third-order valence-electron chi connectivity index (χ3n) is 2.46. The summed E-state index contributed by atoms with van der Waals surface area (Å²) in [6, 6.07) is 11.7. The van der Waals surface area contributed by atoms with Crippen LogP contribution in [0.1, 0.15) is 11.3 Å². The minimum atomic E-state index is -0.186. The van der Waals surface area contributed by atoms with E-state index in [2.05, 4.69) is 10.4 Å². The Morgan fingerprint density at radius 1 is 1.29 bits per heavy atom. The van der Waals surface area contributed by atoms with Crippen LogP contribution in [0, 0.1) is 6.92 Å². The predicted octanol–water partition coefficient (Wildman–Crippen LogP) is 1.99. The third kappa shape index (κ3) is 3.17. The van der Waals surface area contributed by atoms with E-state index in [1.54, 1.807) is 12.3 Å². The van der Waals surface area contributed by atoms with Gasteiger partial charge in [0, 0.05) is 12.7 Å². The number of aromatic nitrogens is 2. The van der Waals surface area contributed by atoms with Crippen molar-refractivity contribution in [1.29, 1.82) is 0 Å². The molecule has 1 aromatic carbocycles. The normalized spacial score (nSPS) is 10.2.